The van der Waals surface area contributed by atoms with Crippen LogP contribution in [0.1, 0.15) is 17.4 Å². The summed E-state index contributed by atoms with van der Waals surface area (Å²) in [5.74, 6) is 1.31. The Morgan fingerprint density at radius 3 is 2.71 bits per heavy atom. The lowest BCUT2D eigenvalue weighted by Crippen LogP contribution is -2.30. The predicted molar refractivity (Wildman–Crippen MR) is 91.2 cm³/mol. The zero-order valence-corrected chi connectivity index (χ0v) is 14.6. The molecule has 0 bridgehead atoms. The summed E-state index contributed by atoms with van der Waals surface area (Å²) in [6, 6.07) is 8.34. The van der Waals surface area contributed by atoms with E-state index in [-0.39, 0.29) is 6.04 Å². The summed E-state index contributed by atoms with van der Waals surface area (Å²) >= 11 is 13.5. The smallest absolute Gasteiger partial charge is 0.187 e. The third-order valence-electron chi connectivity index (χ3n) is 3.43. The van der Waals surface area contributed by atoms with Crippen molar-refractivity contribution in [1.29, 1.82) is 0 Å². The van der Waals surface area contributed by atoms with Crippen molar-refractivity contribution >= 4 is 39.7 Å². The Morgan fingerprint density at radius 1 is 1.38 bits per heavy atom. The lowest BCUT2D eigenvalue weighted by Gasteiger charge is -2.25. The Balaban J connectivity index is 2.13. The number of methoxy groups -OCH3 is 1. The zero-order chi connectivity index (χ0) is 15.4. The molecule has 2 rings (SSSR count). The number of nitrogens with zero attached hydrogens (tertiary/aromatic N) is 2. The first-order valence-corrected chi connectivity index (χ1v) is 8.35. The van der Waals surface area contributed by atoms with Crippen molar-refractivity contribution in [1.82, 2.24) is 4.98 Å². The number of likely N-dealkylation sites (N-methyl/N-ethyl adjacent to an activating group) is 1. The van der Waals surface area contributed by atoms with Gasteiger partial charge in [-0.15, -0.1) is 11.6 Å². The van der Waals surface area contributed by atoms with Crippen molar-refractivity contribution in [2.75, 3.05) is 19.1 Å². The Morgan fingerprint density at radius 2 is 2.10 bits per heavy atom. The summed E-state index contributed by atoms with van der Waals surface area (Å²) in [5, 5.41) is 1.39. The van der Waals surface area contributed by atoms with Gasteiger partial charge in [-0.2, -0.15) is 0 Å². The fourth-order valence-electron chi connectivity index (χ4n) is 2.07. The number of ether oxygens (including phenoxy) is 1. The van der Waals surface area contributed by atoms with E-state index < -0.39 is 0 Å². The molecule has 2 aromatic rings. The molecule has 1 atom stereocenters. The molecule has 1 aromatic carbocycles. The lowest BCUT2D eigenvalue weighted by atomic mass is 10.1. The highest BCUT2D eigenvalue weighted by atomic mass is 35.5. The first-order chi connectivity index (χ1) is 10.1. The van der Waals surface area contributed by atoms with E-state index >= 15 is 0 Å². The minimum absolute atomic E-state index is 0.270. The summed E-state index contributed by atoms with van der Waals surface area (Å²) in [5.41, 5.74) is 1.18. The van der Waals surface area contributed by atoms with Crippen LogP contribution in [0.5, 0.6) is 5.75 Å². The van der Waals surface area contributed by atoms with Crippen LogP contribution in [0.25, 0.3) is 0 Å². The third-order valence-corrected chi connectivity index (χ3v) is 5.43. The molecular formula is C15H18Cl2N2OS. The molecule has 3 nitrogen and oxygen atoms in total. The molecule has 0 aliphatic heterocycles. The van der Waals surface area contributed by atoms with E-state index in [4.69, 9.17) is 27.9 Å². The van der Waals surface area contributed by atoms with E-state index in [1.165, 1.54) is 16.9 Å². The maximum Gasteiger partial charge on any atom is 0.187 e. The molecule has 21 heavy (non-hydrogen) atoms. The zero-order valence-electron chi connectivity index (χ0n) is 12.3. The van der Waals surface area contributed by atoms with Gasteiger partial charge in [0.25, 0.3) is 0 Å². The SMILES string of the molecule is COc1ccccc1CC(C)N(C)c1nc(Cl)c(CCl)s1. The number of hydrogen-bond donors (Lipinski definition) is 0. The van der Waals surface area contributed by atoms with Crippen LogP contribution in [0.3, 0.4) is 0 Å². The maximum absolute atomic E-state index is 6.07. The van der Waals surface area contributed by atoms with Gasteiger partial charge in [0.05, 0.1) is 17.9 Å². The lowest BCUT2D eigenvalue weighted by molar-refractivity contribution is 0.408. The molecule has 1 aromatic heterocycles. The summed E-state index contributed by atoms with van der Waals surface area (Å²) < 4.78 is 5.40. The third kappa shape index (κ3) is 3.82. The van der Waals surface area contributed by atoms with Gasteiger partial charge in [0.1, 0.15) is 10.9 Å². The highest BCUT2D eigenvalue weighted by Gasteiger charge is 2.18. The molecule has 0 saturated carbocycles. The van der Waals surface area contributed by atoms with Crippen molar-refractivity contribution in [3.8, 4) is 5.75 Å². The van der Waals surface area contributed by atoms with Crippen LogP contribution in [0, 0.1) is 0 Å². The number of aromatic nitrogens is 1. The monoisotopic (exact) mass is 344 g/mol. The Labute approximate surface area is 139 Å². The van der Waals surface area contributed by atoms with Gasteiger partial charge in [-0.05, 0) is 25.0 Å². The first-order valence-electron chi connectivity index (χ1n) is 6.62. The van der Waals surface area contributed by atoms with Crippen molar-refractivity contribution in [3.63, 3.8) is 0 Å². The average molecular weight is 345 g/mol. The number of thiazole rings is 1. The molecule has 0 spiro atoms. The maximum atomic E-state index is 6.07. The largest absolute Gasteiger partial charge is 0.496 e. The fourth-order valence-corrected chi connectivity index (χ4v) is 3.61. The van der Waals surface area contributed by atoms with Crippen LogP contribution < -0.4 is 9.64 Å². The molecule has 1 unspecified atom stereocenters. The fraction of sp³-hybridized carbons (Fsp3) is 0.400. The molecule has 0 N–H and O–H groups in total. The topological polar surface area (TPSA) is 25.4 Å². The first kappa shape index (κ1) is 16.4. The van der Waals surface area contributed by atoms with Crippen LogP contribution >= 0.6 is 34.5 Å². The standard InChI is InChI=1S/C15H18Cl2N2OS/c1-10(8-11-6-4-5-7-12(11)20-3)19(2)15-18-14(17)13(9-16)21-15/h4-7,10H,8-9H2,1-3H3. The minimum atomic E-state index is 0.270. The van der Waals surface area contributed by atoms with Gasteiger partial charge < -0.3 is 9.64 Å². The normalized spacial score (nSPS) is 12.2. The van der Waals surface area contributed by atoms with Crippen molar-refractivity contribution in [2.45, 2.75) is 25.3 Å². The molecule has 0 fully saturated rings. The molecule has 0 aliphatic carbocycles. The summed E-state index contributed by atoms with van der Waals surface area (Å²) in [7, 11) is 3.72. The quantitative estimate of drug-likeness (QED) is 0.715. The number of benzene rings is 1. The van der Waals surface area contributed by atoms with Crippen LogP contribution in [-0.4, -0.2) is 25.2 Å². The number of alkyl halides is 1. The van der Waals surface area contributed by atoms with E-state index in [1.807, 2.05) is 25.2 Å². The number of halogens is 2. The van der Waals surface area contributed by atoms with Gasteiger partial charge in [-0.1, -0.05) is 41.1 Å². The van der Waals surface area contributed by atoms with E-state index in [9.17, 15) is 0 Å². The van der Waals surface area contributed by atoms with Crippen molar-refractivity contribution in [3.05, 3.63) is 39.9 Å². The van der Waals surface area contributed by atoms with Crippen molar-refractivity contribution < 1.29 is 4.74 Å². The van der Waals surface area contributed by atoms with Crippen molar-refractivity contribution in [2.24, 2.45) is 0 Å². The molecule has 1 heterocycles. The molecular weight excluding hydrogens is 327 g/mol. The van der Waals surface area contributed by atoms with E-state index in [2.05, 4.69) is 22.9 Å². The molecule has 0 radical (unpaired) electrons. The summed E-state index contributed by atoms with van der Waals surface area (Å²) in [6.45, 7) is 2.15. The van der Waals surface area contributed by atoms with E-state index in [0.29, 0.717) is 11.0 Å². The van der Waals surface area contributed by atoms with Gasteiger partial charge in [0.15, 0.2) is 5.13 Å². The molecule has 0 aliphatic rings. The predicted octanol–water partition coefficient (Wildman–Crippen LogP) is 4.61. The number of para-hydroxylation sites is 1. The second-order valence-corrected chi connectivity index (χ2v) is 6.51. The van der Waals surface area contributed by atoms with E-state index in [1.54, 1.807) is 7.11 Å². The second kappa shape index (κ2) is 7.34. The molecule has 114 valence electrons. The summed E-state index contributed by atoms with van der Waals surface area (Å²) in [6.07, 6.45) is 0.869. The van der Waals surface area contributed by atoms with Gasteiger partial charge in [0, 0.05) is 13.1 Å². The highest BCUT2D eigenvalue weighted by Crippen LogP contribution is 2.32. The van der Waals surface area contributed by atoms with Crippen LogP contribution in [0.4, 0.5) is 5.13 Å². The van der Waals surface area contributed by atoms with Crippen LogP contribution in [0.15, 0.2) is 24.3 Å². The van der Waals surface area contributed by atoms with Crippen LogP contribution in [-0.2, 0) is 12.3 Å². The number of hydrogen-bond acceptors (Lipinski definition) is 4. The second-order valence-electron chi connectivity index (χ2n) is 4.82. The average Bonchev–Trinajstić information content (AvgIpc) is 2.88. The minimum Gasteiger partial charge on any atom is -0.496 e. The summed E-state index contributed by atoms with van der Waals surface area (Å²) in [4.78, 5) is 7.41. The van der Waals surface area contributed by atoms with Crippen LogP contribution in [0.2, 0.25) is 5.15 Å². The van der Waals surface area contributed by atoms with Gasteiger partial charge >= 0.3 is 0 Å². The number of rotatable bonds is 6. The molecule has 0 saturated heterocycles. The van der Waals surface area contributed by atoms with Gasteiger partial charge in [-0.3, -0.25) is 0 Å². The van der Waals surface area contributed by atoms with Gasteiger partial charge in [-0.25, -0.2) is 4.98 Å². The highest BCUT2D eigenvalue weighted by molar-refractivity contribution is 7.16. The van der Waals surface area contributed by atoms with Gasteiger partial charge in [0.2, 0.25) is 0 Å². The Hall–Kier alpha value is -0.970. The Bertz CT molecular complexity index is 603. The Kier molecular flexibility index (Phi) is 5.73. The molecule has 0 amide bonds. The number of anilines is 1. The molecule has 6 heteroatoms. The van der Waals surface area contributed by atoms with E-state index in [0.717, 1.165) is 22.2 Å².